The predicted molar refractivity (Wildman–Crippen MR) is 99.0 cm³/mol. The number of rotatable bonds is 7. The van der Waals surface area contributed by atoms with Gasteiger partial charge in [-0.2, -0.15) is 13.2 Å². The second-order valence-corrected chi connectivity index (χ2v) is 6.71. The molecule has 0 spiro atoms. The van der Waals surface area contributed by atoms with Crippen molar-refractivity contribution in [3.8, 4) is 5.88 Å². The summed E-state index contributed by atoms with van der Waals surface area (Å²) in [4.78, 5) is 14.4. The van der Waals surface area contributed by atoms with Crippen LogP contribution in [0.4, 0.5) is 13.2 Å². The molecule has 0 saturated carbocycles. The van der Waals surface area contributed by atoms with Crippen LogP contribution in [0.5, 0.6) is 5.88 Å². The third-order valence-electron chi connectivity index (χ3n) is 3.43. The Kier molecular flexibility index (Phi) is 7.40. The van der Waals surface area contributed by atoms with E-state index >= 15 is 0 Å². The van der Waals surface area contributed by atoms with E-state index in [0.717, 1.165) is 16.8 Å². The van der Waals surface area contributed by atoms with Crippen LogP contribution in [0.2, 0.25) is 0 Å². The van der Waals surface area contributed by atoms with Crippen molar-refractivity contribution in [1.82, 2.24) is 20.2 Å². The Bertz CT molecular complexity index is 763. The zero-order chi connectivity index (χ0) is 19.9. The monoisotopic (exact) mass is 401 g/mol. The third kappa shape index (κ3) is 6.38. The maximum Gasteiger partial charge on any atom is 0.421 e. The van der Waals surface area contributed by atoms with E-state index in [1.54, 1.807) is 11.3 Å². The smallest absolute Gasteiger partial charge is 0.421 e. The van der Waals surface area contributed by atoms with Gasteiger partial charge in [-0.3, -0.25) is 0 Å². The Morgan fingerprint density at radius 2 is 2.19 bits per heavy atom. The first kappa shape index (κ1) is 20.9. The highest BCUT2D eigenvalue weighted by molar-refractivity contribution is 7.09. The van der Waals surface area contributed by atoms with Crippen LogP contribution in [-0.4, -0.2) is 47.6 Å². The Balaban J connectivity index is 1.95. The van der Waals surface area contributed by atoms with E-state index in [-0.39, 0.29) is 13.2 Å². The van der Waals surface area contributed by atoms with Gasteiger partial charge in [-0.25, -0.2) is 15.0 Å². The fraction of sp³-hybridized carbons (Fsp3) is 0.471. The number of nitrogens with zero attached hydrogens (tertiary/aromatic N) is 4. The third-order valence-corrected chi connectivity index (χ3v) is 4.25. The molecule has 2 aromatic rings. The van der Waals surface area contributed by atoms with Crippen molar-refractivity contribution in [3.63, 3.8) is 0 Å². The molecule has 0 bridgehead atoms. The molecule has 2 rings (SSSR count). The summed E-state index contributed by atoms with van der Waals surface area (Å²) in [5.74, 6) is 0.195. The Labute approximate surface area is 160 Å². The molecule has 0 aliphatic rings. The molecule has 0 aliphatic carbocycles. The summed E-state index contributed by atoms with van der Waals surface area (Å²) in [7, 11) is 1.87. The van der Waals surface area contributed by atoms with Crippen molar-refractivity contribution in [2.75, 3.05) is 26.7 Å². The van der Waals surface area contributed by atoms with E-state index in [0.29, 0.717) is 19.0 Å². The van der Waals surface area contributed by atoms with Crippen molar-refractivity contribution in [2.45, 2.75) is 26.6 Å². The van der Waals surface area contributed by atoms with Crippen molar-refractivity contribution in [2.24, 2.45) is 4.99 Å². The van der Waals surface area contributed by atoms with E-state index in [2.05, 4.69) is 20.3 Å². The number of aliphatic imine (C=N–C) groups is 1. The lowest BCUT2D eigenvalue weighted by atomic mass is 10.2. The number of guanidine groups is 1. The Morgan fingerprint density at radius 3 is 2.81 bits per heavy atom. The van der Waals surface area contributed by atoms with E-state index in [4.69, 9.17) is 4.74 Å². The van der Waals surface area contributed by atoms with Crippen LogP contribution in [0.1, 0.15) is 23.2 Å². The van der Waals surface area contributed by atoms with Gasteiger partial charge < -0.3 is 15.0 Å². The summed E-state index contributed by atoms with van der Waals surface area (Å²) in [6, 6.07) is 2.17. The maximum absolute atomic E-state index is 12.9. The number of thiazole rings is 1. The molecule has 0 amide bonds. The summed E-state index contributed by atoms with van der Waals surface area (Å²) in [6.07, 6.45) is -3.24. The molecule has 0 aromatic carbocycles. The normalized spacial score (nSPS) is 12.1. The SMILES string of the molecule is CCNC(=NCCOc1ncccc1C(F)(F)F)N(C)Cc1csc(C)n1. The number of alkyl halides is 3. The molecule has 0 aliphatic heterocycles. The van der Waals surface area contributed by atoms with Crippen molar-refractivity contribution < 1.29 is 17.9 Å². The van der Waals surface area contributed by atoms with Gasteiger partial charge >= 0.3 is 6.18 Å². The summed E-state index contributed by atoms with van der Waals surface area (Å²) >= 11 is 1.58. The predicted octanol–water partition coefficient (Wildman–Crippen LogP) is 3.34. The van der Waals surface area contributed by atoms with Gasteiger partial charge in [0, 0.05) is 25.2 Å². The standard InChI is InChI=1S/C17H22F3N5OS/c1-4-21-16(25(3)10-13-11-27-12(2)24-13)23-8-9-26-15-14(17(18,19)20)6-5-7-22-15/h5-7,11H,4,8-10H2,1-3H3,(H,21,23). The molecule has 6 nitrogen and oxygen atoms in total. The molecule has 0 radical (unpaired) electrons. The van der Waals surface area contributed by atoms with Gasteiger partial charge in [0.05, 0.1) is 23.8 Å². The van der Waals surface area contributed by atoms with Crippen LogP contribution in [0, 0.1) is 6.92 Å². The highest BCUT2D eigenvalue weighted by atomic mass is 32.1. The second-order valence-electron chi connectivity index (χ2n) is 5.65. The van der Waals surface area contributed by atoms with Crippen LogP contribution in [-0.2, 0) is 12.7 Å². The summed E-state index contributed by atoms with van der Waals surface area (Å²) in [6.45, 7) is 5.30. The fourth-order valence-corrected chi connectivity index (χ4v) is 2.89. The summed E-state index contributed by atoms with van der Waals surface area (Å²) in [5.41, 5.74) is 0.0436. The lowest BCUT2D eigenvalue weighted by Crippen LogP contribution is -2.38. The lowest BCUT2D eigenvalue weighted by molar-refractivity contribution is -0.139. The van der Waals surface area contributed by atoms with Gasteiger partial charge in [0.2, 0.25) is 5.88 Å². The molecule has 0 unspecified atom stereocenters. The molecular weight excluding hydrogens is 379 g/mol. The summed E-state index contributed by atoms with van der Waals surface area (Å²) < 4.78 is 44.0. The van der Waals surface area contributed by atoms with Crippen LogP contribution < -0.4 is 10.1 Å². The number of hydrogen-bond acceptors (Lipinski definition) is 5. The minimum Gasteiger partial charge on any atom is -0.475 e. The molecular formula is C17H22F3N5OS. The Hall–Kier alpha value is -2.36. The summed E-state index contributed by atoms with van der Waals surface area (Å²) in [5, 5.41) is 6.12. The van der Waals surface area contributed by atoms with E-state index < -0.39 is 17.6 Å². The van der Waals surface area contributed by atoms with E-state index in [9.17, 15) is 13.2 Å². The first-order valence-corrected chi connectivity index (χ1v) is 9.24. The number of aryl methyl sites for hydroxylation is 1. The molecule has 0 atom stereocenters. The zero-order valence-electron chi connectivity index (χ0n) is 15.4. The molecule has 0 saturated heterocycles. The largest absolute Gasteiger partial charge is 0.475 e. The van der Waals surface area contributed by atoms with Gasteiger partial charge in [-0.1, -0.05) is 0 Å². The van der Waals surface area contributed by atoms with Gasteiger partial charge in [0.15, 0.2) is 5.96 Å². The first-order valence-electron chi connectivity index (χ1n) is 8.36. The van der Waals surface area contributed by atoms with Crippen molar-refractivity contribution >= 4 is 17.3 Å². The van der Waals surface area contributed by atoms with Gasteiger partial charge in [-0.05, 0) is 26.0 Å². The van der Waals surface area contributed by atoms with E-state index in [1.165, 1.54) is 12.3 Å². The van der Waals surface area contributed by atoms with Crippen LogP contribution in [0.15, 0.2) is 28.7 Å². The zero-order valence-corrected chi connectivity index (χ0v) is 16.2. The van der Waals surface area contributed by atoms with Gasteiger partial charge in [-0.15, -0.1) is 11.3 Å². The van der Waals surface area contributed by atoms with E-state index in [1.807, 2.05) is 31.2 Å². The van der Waals surface area contributed by atoms with Crippen LogP contribution in [0.3, 0.4) is 0 Å². The highest BCUT2D eigenvalue weighted by Crippen LogP contribution is 2.34. The van der Waals surface area contributed by atoms with Gasteiger partial charge in [0.1, 0.15) is 12.2 Å². The second kappa shape index (κ2) is 9.54. The molecule has 2 heterocycles. The van der Waals surface area contributed by atoms with Crippen LogP contribution in [0.25, 0.3) is 0 Å². The quantitative estimate of drug-likeness (QED) is 0.438. The van der Waals surface area contributed by atoms with Crippen molar-refractivity contribution in [1.29, 1.82) is 0 Å². The molecule has 148 valence electrons. The average molecular weight is 401 g/mol. The molecule has 1 N–H and O–H groups in total. The topological polar surface area (TPSA) is 62.6 Å². The maximum atomic E-state index is 12.9. The average Bonchev–Trinajstić information content (AvgIpc) is 3.02. The Morgan fingerprint density at radius 1 is 1.41 bits per heavy atom. The number of nitrogens with one attached hydrogen (secondary N) is 1. The first-order chi connectivity index (χ1) is 12.8. The molecule has 2 aromatic heterocycles. The molecule has 0 fully saturated rings. The van der Waals surface area contributed by atoms with Crippen molar-refractivity contribution in [3.05, 3.63) is 40.0 Å². The minimum atomic E-state index is -4.51. The fourth-order valence-electron chi connectivity index (χ4n) is 2.28. The molecule has 10 heteroatoms. The number of halogens is 3. The number of pyridine rings is 1. The minimum absolute atomic E-state index is 0.0152. The number of hydrogen-bond donors (Lipinski definition) is 1. The van der Waals surface area contributed by atoms with Gasteiger partial charge in [0.25, 0.3) is 0 Å². The molecule has 27 heavy (non-hydrogen) atoms. The number of ether oxygens (including phenoxy) is 1. The highest BCUT2D eigenvalue weighted by Gasteiger charge is 2.34. The lowest BCUT2D eigenvalue weighted by Gasteiger charge is -2.21. The van der Waals surface area contributed by atoms with Crippen LogP contribution >= 0.6 is 11.3 Å². The number of aromatic nitrogens is 2.